The van der Waals surface area contributed by atoms with Crippen LogP contribution in [0.25, 0.3) is 0 Å². The molecule has 0 spiro atoms. The van der Waals surface area contributed by atoms with E-state index in [9.17, 15) is 9.59 Å². The van der Waals surface area contributed by atoms with Gasteiger partial charge in [0, 0.05) is 23.7 Å². The van der Waals surface area contributed by atoms with E-state index in [0.29, 0.717) is 11.6 Å². The fourth-order valence-electron chi connectivity index (χ4n) is 2.67. The number of hydrazone groups is 1. The zero-order valence-electron chi connectivity index (χ0n) is 13.8. The predicted octanol–water partition coefficient (Wildman–Crippen LogP) is 3.15. The molecule has 1 heterocycles. The summed E-state index contributed by atoms with van der Waals surface area (Å²) in [6.07, 6.45) is 1.74. The molecule has 0 aliphatic carbocycles. The van der Waals surface area contributed by atoms with E-state index in [2.05, 4.69) is 10.5 Å². The Hall–Kier alpha value is -2.66. The molecule has 1 fully saturated rings. The van der Waals surface area contributed by atoms with Gasteiger partial charge in [-0.05, 0) is 36.8 Å². The molecule has 128 valence electrons. The predicted molar refractivity (Wildman–Crippen MR) is 98.8 cm³/mol. The lowest BCUT2D eigenvalue weighted by atomic mass is 10.1. The molecule has 2 aromatic rings. The zero-order chi connectivity index (χ0) is 17.8. The summed E-state index contributed by atoms with van der Waals surface area (Å²) in [6.45, 7) is 2.36. The quantitative estimate of drug-likeness (QED) is 0.676. The van der Waals surface area contributed by atoms with Gasteiger partial charge in [-0.1, -0.05) is 41.4 Å². The molecule has 2 amide bonds. The van der Waals surface area contributed by atoms with Crippen molar-refractivity contribution in [2.45, 2.75) is 13.3 Å². The Morgan fingerprint density at radius 1 is 1.20 bits per heavy atom. The molecule has 1 aliphatic rings. The summed E-state index contributed by atoms with van der Waals surface area (Å²) in [5, 5.41) is 4.59. The number of rotatable bonds is 4. The van der Waals surface area contributed by atoms with Crippen LogP contribution in [0.1, 0.15) is 17.5 Å². The van der Waals surface area contributed by atoms with Gasteiger partial charge < -0.3 is 4.90 Å². The molecule has 6 heteroatoms. The van der Waals surface area contributed by atoms with Crippen molar-refractivity contribution in [2.24, 2.45) is 11.0 Å². The van der Waals surface area contributed by atoms with Crippen LogP contribution in [-0.2, 0) is 9.59 Å². The van der Waals surface area contributed by atoms with Crippen LogP contribution in [-0.4, -0.2) is 24.6 Å². The van der Waals surface area contributed by atoms with Crippen molar-refractivity contribution in [1.29, 1.82) is 0 Å². The first-order chi connectivity index (χ1) is 12.0. The van der Waals surface area contributed by atoms with Crippen molar-refractivity contribution in [3.05, 3.63) is 64.7 Å². The summed E-state index contributed by atoms with van der Waals surface area (Å²) in [5.41, 5.74) is 5.28. The second-order valence-electron chi connectivity index (χ2n) is 6.03. The Morgan fingerprint density at radius 2 is 1.88 bits per heavy atom. The van der Waals surface area contributed by atoms with Crippen molar-refractivity contribution < 1.29 is 9.59 Å². The number of anilines is 1. The van der Waals surface area contributed by atoms with Crippen molar-refractivity contribution in [1.82, 2.24) is 5.43 Å². The second kappa shape index (κ2) is 7.49. The van der Waals surface area contributed by atoms with Crippen LogP contribution >= 0.6 is 11.6 Å². The molecule has 0 bridgehead atoms. The molecule has 0 saturated carbocycles. The van der Waals surface area contributed by atoms with Crippen molar-refractivity contribution in [2.75, 3.05) is 11.4 Å². The number of amides is 2. The minimum atomic E-state index is -0.406. The van der Waals surface area contributed by atoms with Crippen LogP contribution < -0.4 is 10.3 Å². The number of hydrogen-bond acceptors (Lipinski definition) is 3. The third kappa shape index (κ3) is 4.25. The fraction of sp³-hybridized carbons (Fsp3) is 0.211. The third-order valence-corrected chi connectivity index (χ3v) is 4.35. The van der Waals surface area contributed by atoms with Gasteiger partial charge in [0.25, 0.3) is 0 Å². The molecule has 1 N–H and O–H groups in total. The van der Waals surface area contributed by atoms with E-state index < -0.39 is 5.92 Å². The number of hydrogen-bond donors (Lipinski definition) is 1. The van der Waals surface area contributed by atoms with E-state index in [1.807, 2.05) is 31.2 Å². The summed E-state index contributed by atoms with van der Waals surface area (Å²) in [4.78, 5) is 26.1. The van der Waals surface area contributed by atoms with Gasteiger partial charge in [-0.15, -0.1) is 0 Å². The highest BCUT2D eigenvalue weighted by Gasteiger charge is 2.35. The third-order valence-electron chi connectivity index (χ3n) is 4.10. The number of nitrogens with zero attached hydrogens (tertiary/aromatic N) is 2. The van der Waals surface area contributed by atoms with E-state index in [1.165, 1.54) is 0 Å². The average molecular weight is 356 g/mol. The van der Waals surface area contributed by atoms with Crippen LogP contribution in [0.15, 0.2) is 53.6 Å². The topological polar surface area (TPSA) is 61.8 Å². The number of carbonyl (C=O) groups is 2. The lowest BCUT2D eigenvalue weighted by Gasteiger charge is -2.16. The van der Waals surface area contributed by atoms with E-state index in [0.717, 1.165) is 16.8 Å². The van der Waals surface area contributed by atoms with Crippen LogP contribution in [0.5, 0.6) is 0 Å². The van der Waals surface area contributed by atoms with Crippen LogP contribution in [0, 0.1) is 12.8 Å². The minimum absolute atomic E-state index is 0.0503. The van der Waals surface area contributed by atoms with E-state index >= 15 is 0 Å². The molecule has 2 aromatic carbocycles. The molecule has 25 heavy (non-hydrogen) atoms. The Morgan fingerprint density at radius 3 is 2.56 bits per heavy atom. The zero-order valence-corrected chi connectivity index (χ0v) is 14.5. The van der Waals surface area contributed by atoms with Gasteiger partial charge in [-0.3, -0.25) is 9.59 Å². The Bertz CT molecular complexity index is 800. The highest BCUT2D eigenvalue weighted by Crippen LogP contribution is 2.25. The standard InChI is InChI=1S/C19H18ClN3O2/c1-13-2-8-17(9-3-13)23-12-15(10-18(23)24)19(25)22-21-11-14-4-6-16(20)7-5-14/h2-9,11,15H,10,12H2,1H3,(H,22,25)/b21-11+/t15-/m0/s1. The number of benzene rings is 2. The van der Waals surface area contributed by atoms with Crippen molar-refractivity contribution >= 4 is 35.3 Å². The monoisotopic (exact) mass is 355 g/mol. The van der Waals surface area contributed by atoms with Gasteiger partial charge in [-0.2, -0.15) is 5.10 Å². The van der Waals surface area contributed by atoms with Gasteiger partial charge in [0.2, 0.25) is 11.8 Å². The molecule has 0 unspecified atom stereocenters. The average Bonchev–Trinajstić information content (AvgIpc) is 2.99. The Kier molecular flexibility index (Phi) is 5.14. The summed E-state index contributed by atoms with van der Waals surface area (Å²) >= 11 is 5.82. The summed E-state index contributed by atoms with van der Waals surface area (Å²) in [5.74, 6) is -0.713. The molecule has 1 atom stereocenters. The lowest BCUT2D eigenvalue weighted by molar-refractivity contribution is -0.126. The van der Waals surface area contributed by atoms with Crippen LogP contribution in [0.3, 0.4) is 0 Å². The number of halogens is 1. The highest BCUT2D eigenvalue weighted by atomic mass is 35.5. The van der Waals surface area contributed by atoms with Gasteiger partial charge >= 0.3 is 0 Å². The fourth-order valence-corrected chi connectivity index (χ4v) is 2.79. The van der Waals surface area contributed by atoms with Crippen LogP contribution in [0.4, 0.5) is 5.69 Å². The summed E-state index contributed by atoms with van der Waals surface area (Å²) in [6, 6.07) is 14.8. The molecule has 0 aromatic heterocycles. The molecule has 1 aliphatic heterocycles. The molecule has 0 radical (unpaired) electrons. The lowest BCUT2D eigenvalue weighted by Crippen LogP contribution is -2.30. The number of carbonyl (C=O) groups excluding carboxylic acids is 2. The molecular formula is C19H18ClN3O2. The Labute approximate surface area is 151 Å². The first kappa shape index (κ1) is 17.2. The molecular weight excluding hydrogens is 338 g/mol. The maximum atomic E-state index is 12.2. The first-order valence-corrected chi connectivity index (χ1v) is 8.36. The summed E-state index contributed by atoms with van der Waals surface area (Å²) < 4.78 is 0. The van der Waals surface area contributed by atoms with Gasteiger partial charge in [0.1, 0.15) is 0 Å². The molecule has 5 nitrogen and oxygen atoms in total. The van der Waals surface area contributed by atoms with Gasteiger partial charge in [-0.25, -0.2) is 5.43 Å². The minimum Gasteiger partial charge on any atom is -0.312 e. The normalized spacial score (nSPS) is 17.3. The maximum absolute atomic E-state index is 12.2. The largest absolute Gasteiger partial charge is 0.312 e. The van der Waals surface area contributed by atoms with Crippen LogP contribution in [0.2, 0.25) is 5.02 Å². The van der Waals surface area contributed by atoms with E-state index in [4.69, 9.17) is 11.6 Å². The smallest absolute Gasteiger partial charge is 0.245 e. The SMILES string of the molecule is Cc1ccc(N2C[C@@H](C(=O)N/N=C/c3ccc(Cl)cc3)CC2=O)cc1. The van der Waals surface area contributed by atoms with E-state index in [1.54, 1.807) is 35.4 Å². The number of nitrogens with one attached hydrogen (secondary N) is 1. The first-order valence-electron chi connectivity index (χ1n) is 7.98. The van der Waals surface area contributed by atoms with Crippen molar-refractivity contribution in [3.8, 4) is 0 Å². The number of aryl methyl sites for hydroxylation is 1. The van der Waals surface area contributed by atoms with Crippen molar-refractivity contribution in [3.63, 3.8) is 0 Å². The van der Waals surface area contributed by atoms with Gasteiger partial charge in [0.05, 0.1) is 12.1 Å². The molecule has 1 saturated heterocycles. The van der Waals surface area contributed by atoms with E-state index in [-0.39, 0.29) is 18.2 Å². The highest BCUT2D eigenvalue weighted by molar-refractivity contribution is 6.30. The Balaban J connectivity index is 1.59. The maximum Gasteiger partial charge on any atom is 0.245 e. The van der Waals surface area contributed by atoms with Gasteiger partial charge in [0.15, 0.2) is 0 Å². The second-order valence-corrected chi connectivity index (χ2v) is 6.46. The summed E-state index contributed by atoms with van der Waals surface area (Å²) in [7, 11) is 0. The molecule has 3 rings (SSSR count).